The average Bonchev–Trinajstić information content (AvgIpc) is 3.07. The number of unbranched alkanes of at least 4 members (excludes halogenated alkanes) is 10. The summed E-state index contributed by atoms with van der Waals surface area (Å²) in [6.07, 6.45) is 16.4. The van der Waals surface area contributed by atoms with Crippen molar-refractivity contribution in [2.45, 2.75) is 205 Å². The molecule has 0 bridgehead atoms. The zero-order chi connectivity index (χ0) is 41.9. The van der Waals surface area contributed by atoms with Gasteiger partial charge in [0.2, 0.25) is 11.9 Å². The lowest BCUT2D eigenvalue weighted by Gasteiger charge is -2.31. The summed E-state index contributed by atoms with van der Waals surface area (Å²) in [5.41, 5.74) is 4.33. The number of nitrogens with one attached hydrogen (secondary N) is 2. The van der Waals surface area contributed by atoms with Crippen LogP contribution in [0.3, 0.4) is 0 Å². The van der Waals surface area contributed by atoms with Crippen molar-refractivity contribution in [2.24, 2.45) is 0 Å². The van der Waals surface area contributed by atoms with E-state index in [1.165, 1.54) is 64.2 Å². The molecule has 0 saturated heterocycles. The van der Waals surface area contributed by atoms with E-state index in [-0.39, 0.29) is 21.7 Å². The Bertz CT molecular complexity index is 1580. The van der Waals surface area contributed by atoms with Crippen molar-refractivity contribution in [1.82, 2.24) is 15.0 Å². The third kappa shape index (κ3) is 13.7. The molecule has 314 valence electrons. The normalized spacial score (nSPS) is 12.7. The maximum Gasteiger partial charge on any atom is 0.232 e. The molecule has 0 saturated carbocycles. The number of anilines is 4. The maximum absolute atomic E-state index is 11.9. The van der Waals surface area contributed by atoms with Crippen LogP contribution in [0.15, 0.2) is 28.3 Å². The molecule has 0 spiro atoms. The Morgan fingerprint density at radius 1 is 0.500 bits per heavy atom. The molecule has 2 aromatic carbocycles. The van der Waals surface area contributed by atoms with E-state index in [9.17, 15) is 10.2 Å². The fraction of sp³-hybridized carbons (Fsp3) is 0.681. The quantitative estimate of drug-likeness (QED) is 0.0505. The number of phenolic OH excluding ortho intramolecular Hbond substituents is 2. The third-order valence-electron chi connectivity index (χ3n) is 10.2. The lowest BCUT2D eigenvalue weighted by Crippen LogP contribution is -2.20. The molecule has 0 aliphatic rings. The second-order valence-electron chi connectivity index (χ2n) is 19.7. The summed E-state index contributed by atoms with van der Waals surface area (Å²) in [6, 6.07) is 4.18. The zero-order valence-corrected chi connectivity index (χ0v) is 39.3. The highest BCUT2D eigenvalue weighted by molar-refractivity contribution is 7.99. The number of aromatic hydroxyl groups is 2. The predicted octanol–water partition coefficient (Wildman–Crippen LogP) is 14.9. The van der Waals surface area contributed by atoms with Crippen LogP contribution in [-0.2, 0) is 21.7 Å². The van der Waals surface area contributed by atoms with E-state index in [0.29, 0.717) is 23.4 Å². The number of rotatable bonds is 20. The molecular formula is C47H77N5O2S2. The minimum Gasteiger partial charge on any atom is -0.507 e. The standard InChI is InChI=1S/C47H77N5O2S2/c1-15-17-19-21-23-25-27-55-40-34(29-32(44(3,4)5)38(53)36(40)46(9,10)11)50-42-48-31-49-43(52-42)51-35-30-33(45(6,7)8)39(54)37(47(12,13)14)41(35)56-28-26-24-22-20-18-16-2/h29-31,53-54H,15-28H2,1-14H3,(H2,48,49,50,51,52). The van der Waals surface area contributed by atoms with Crippen LogP contribution < -0.4 is 10.6 Å². The fourth-order valence-electron chi connectivity index (χ4n) is 7.10. The fourth-order valence-corrected chi connectivity index (χ4v) is 9.83. The van der Waals surface area contributed by atoms with Gasteiger partial charge in [-0.25, -0.2) is 9.97 Å². The van der Waals surface area contributed by atoms with Gasteiger partial charge in [0.15, 0.2) is 0 Å². The van der Waals surface area contributed by atoms with Crippen molar-refractivity contribution in [3.05, 3.63) is 40.7 Å². The number of hydrogen-bond donors (Lipinski definition) is 4. The first-order chi connectivity index (χ1) is 26.1. The lowest BCUT2D eigenvalue weighted by atomic mass is 9.79. The van der Waals surface area contributed by atoms with E-state index in [2.05, 4.69) is 130 Å². The van der Waals surface area contributed by atoms with Crippen LogP contribution in [0.5, 0.6) is 11.5 Å². The number of phenols is 2. The van der Waals surface area contributed by atoms with E-state index in [1.807, 2.05) is 23.5 Å². The van der Waals surface area contributed by atoms with E-state index < -0.39 is 0 Å². The average molecular weight is 808 g/mol. The monoisotopic (exact) mass is 808 g/mol. The van der Waals surface area contributed by atoms with E-state index in [1.54, 1.807) is 6.33 Å². The summed E-state index contributed by atoms with van der Waals surface area (Å²) in [5, 5.41) is 30.9. The van der Waals surface area contributed by atoms with E-state index in [4.69, 9.17) is 4.98 Å². The summed E-state index contributed by atoms with van der Waals surface area (Å²) in [6.45, 7) is 30.4. The largest absolute Gasteiger partial charge is 0.507 e. The van der Waals surface area contributed by atoms with Gasteiger partial charge in [-0.15, -0.1) is 23.5 Å². The van der Waals surface area contributed by atoms with Gasteiger partial charge >= 0.3 is 0 Å². The van der Waals surface area contributed by atoms with Gasteiger partial charge in [-0.1, -0.05) is 161 Å². The van der Waals surface area contributed by atoms with Gasteiger partial charge in [0.05, 0.1) is 11.4 Å². The molecule has 1 heterocycles. The Hall–Kier alpha value is -2.65. The summed E-state index contributed by atoms with van der Waals surface area (Å²) < 4.78 is 0. The first kappa shape index (κ1) is 47.7. The van der Waals surface area contributed by atoms with E-state index >= 15 is 0 Å². The first-order valence-corrected chi connectivity index (χ1v) is 23.4. The zero-order valence-electron chi connectivity index (χ0n) is 37.7. The van der Waals surface area contributed by atoms with Crippen molar-refractivity contribution in [3.63, 3.8) is 0 Å². The summed E-state index contributed by atoms with van der Waals surface area (Å²) in [7, 11) is 0. The van der Waals surface area contributed by atoms with Gasteiger partial charge in [-0.3, -0.25) is 0 Å². The summed E-state index contributed by atoms with van der Waals surface area (Å²) >= 11 is 3.63. The van der Waals surface area contributed by atoms with Gasteiger partial charge in [0.25, 0.3) is 0 Å². The summed E-state index contributed by atoms with van der Waals surface area (Å²) in [5.74, 6) is 3.55. The Labute approximate surface area is 350 Å². The van der Waals surface area contributed by atoms with Gasteiger partial charge in [0, 0.05) is 32.0 Å². The molecule has 0 unspecified atom stereocenters. The number of thioether (sulfide) groups is 2. The highest BCUT2D eigenvalue weighted by Gasteiger charge is 2.33. The van der Waals surface area contributed by atoms with E-state index in [0.717, 1.165) is 67.8 Å². The molecule has 7 nitrogen and oxygen atoms in total. The minimum atomic E-state index is -0.297. The molecule has 0 aliphatic heterocycles. The molecule has 1 aromatic heterocycles. The maximum atomic E-state index is 11.9. The minimum absolute atomic E-state index is 0.285. The molecule has 4 N–H and O–H groups in total. The first-order valence-electron chi connectivity index (χ1n) is 21.4. The highest BCUT2D eigenvalue weighted by atomic mass is 32.2. The number of benzene rings is 2. The van der Waals surface area contributed by atoms with Crippen molar-refractivity contribution in [2.75, 3.05) is 22.1 Å². The molecule has 0 atom stereocenters. The Balaban J connectivity index is 2.09. The van der Waals surface area contributed by atoms with Crippen LogP contribution in [0.1, 0.15) is 196 Å². The molecule has 0 aliphatic carbocycles. The van der Waals surface area contributed by atoms with Crippen LogP contribution in [-0.4, -0.2) is 36.7 Å². The number of aromatic nitrogens is 3. The third-order valence-corrected chi connectivity index (χ3v) is 12.6. The topological polar surface area (TPSA) is 103 Å². The second kappa shape index (κ2) is 20.9. The smallest absolute Gasteiger partial charge is 0.232 e. The van der Waals surface area contributed by atoms with Crippen molar-refractivity contribution in [3.8, 4) is 11.5 Å². The Morgan fingerprint density at radius 3 is 1.16 bits per heavy atom. The molecule has 3 aromatic rings. The number of nitrogens with zero attached hydrogens (tertiary/aromatic N) is 3. The SMILES string of the molecule is CCCCCCCCSc1c(Nc2ncnc(Nc3cc(C(C)(C)C)c(O)c(C(C)(C)C)c3SCCCCCCCC)n2)cc(C(C)(C)C)c(O)c1C(C)(C)C. The van der Waals surface area contributed by atoms with Crippen LogP contribution in [0.25, 0.3) is 0 Å². The Morgan fingerprint density at radius 2 is 0.839 bits per heavy atom. The van der Waals surface area contributed by atoms with Crippen LogP contribution in [0, 0.1) is 0 Å². The molecule has 9 heteroatoms. The van der Waals surface area contributed by atoms with Crippen LogP contribution in [0.2, 0.25) is 0 Å². The summed E-state index contributed by atoms with van der Waals surface area (Å²) in [4.78, 5) is 16.3. The van der Waals surface area contributed by atoms with Crippen molar-refractivity contribution < 1.29 is 10.2 Å². The van der Waals surface area contributed by atoms with Crippen molar-refractivity contribution >= 4 is 46.8 Å². The van der Waals surface area contributed by atoms with Gasteiger partial charge in [-0.2, -0.15) is 4.98 Å². The van der Waals surface area contributed by atoms with Gasteiger partial charge < -0.3 is 20.8 Å². The molecular weight excluding hydrogens is 731 g/mol. The molecule has 0 amide bonds. The van der Waals surface area contributed by atoms with Gasteiger partial charge in [-0.05, 0) is 58.1 Å². The number of hydrogen-bond acceptors (Lipinski definition) is 9. The second-order valence-corrected chi connectivity index (χ2v) is 21.9. The molecule has 56 heavy (non-hydrogen) atoms. The highest BCUT2D eigenvalue weighted by Crippen LogP contribution is 2.50. The molecule has 0 radical (unpaired) electrons. The van der Waals surface area contributed by atoms with Crippen molar-refractivity contribution in [1.29, 1.82) is 0 Å². The van der Waals surface area contributed by atoms with Gasteiger partial charge in [0.1, 0.15) is 17.8 Å². The Kier molecular flexibility index (Phi) is 17.8. The predicted molar refractivity (Wildman–Crippen MR) is 246 cm³/mol. The lowest BCUT2D eigenvalue weighted by molar-refractivity contribution is 0.418. The molecule has 0 fully saturated rings. The van der Waals surface area contributed by atoms with Crippen LogP contribution >= 0.6 is 23.5 Å². The van der Waals surface area contributed by atoms with Crippen LogP contribution in [0.4, 0.5) is 23.3 Å². The molecule has 3 rings (SSSR count).